The van der Waals surface area contributed by atoms with E-state index < -0.39 is 10.0 Å². The molecular formula is C24H24BrClN2O3S. The third kappa shape index (κ3) is 6.42. The molecule has 0 aliphatic rings. The van der Waals surface area contributed by atoms with Crippen molar-refractivity contribution in [2.45, 2.75) is 31.3 Å². The summed E-state index contributed by atoms with van der Waals surface area (Å²) in [5.41, 5.74) is 2.79. The van der Waals surface area contributed by atoms with Crippen LogP contribution in [0.1, 0.15) is 29.7 Å². The van der Waals surface area contributed by atoms with Crippen molar-refractivity contribution in [3.05, 3.63) is 99.0 Å². The average molecular weight is 536 g/mol. The number of hydrogen-bond donors (Lipinski definition) is 1. The third-order valence-corrected chi connectivity index (χ3v) is 7.58. The summed E-state index contributed by atoms with van der Waals surface area (Å²) < 4.78 is 28.8. The van der Waals surface area contributed by atoms with E-state index in [-0.39, 0.29) is 29.9 Å². The molecule has 0 saturated heterocycles. The van der Waals surface area contributed by atoms with Crippen LogP contribution in [0.15, 0.2) is 82.2 Å². The van der Waals surface area contributed by atoms with Gasteiger partial charge in [0, 0.05) is 16.0 Å². The molecule has 0 aliphatic carbocycles. The van der Waals surface area contributed by atoms with Crippen LogP contribution in [0.3, 0.4) is 0 Å². The largest absolute Gasteiger partial charge is 0.348 e. The number of halogens is 2. The van der Waals surface area contributed by atoms with Gasteiger partial charge in [-0.1, -0.05) is 69.5 Å². The molecule has 0 spiro atoms. The monoisotopic (exact) mass is 534 g/mol. The van der Waals surface area contributed by atoms with Crippen LogP contribution in [0.25, 0.3) is 0 Å². The Bertz CT molecular complexity index is 1170. The van der Waals surface area contributed by atoms with E-state index in [1.807, 2.05) is 62.4 Å². The maximum Gasteiger partial charge on any atom is 0.243 e. The quantitative estimate of drug-likeness (QED) is 0.415. The zero-order valence-corrected chi connectivity index (χ0v) is 20.9. The fourth-order valence-electron chi connectivity index (χ4n) is 3.16. The minimum absolute atomic E-state index is 0.0747. The van der Waals surface area contributed by atoms with Crippen LogP contribution >= 0.6 is 27.5 Å². The van der Waals surface area contributed by atoms with Gasteiger partial charge in [-0.15, -0.1) is 0 Å². The second kappa shape index (κ2) is 10.6. The number of amides is 1. The summed E-state index contributed by atoms with van der Waals surface area (Å²) in [6.07, 6.45) is 0. The van der Waals surface area contributed by atoms with Gasteiger partial charge >= 0.3 is 0 Å². The molecule has 1 N–H and O–H groups in total. The predicted octanol–water partition coefficient (Wildman–Crippen LogP) is 5.48. The lowest BCUT2D eigenvalue weighted by atomic mass is 10.1. The summed E-state index contributed by atoms with van der Waals surface area (Å²) in [7, 11) is -3.92. The molecule has 0 aromatic heterocycles. The highest BCUT2D eigenvalue weighted by molar-refractivity contribution is 9.10. The number of sulfonamides is 1. The number of carbonyl (C=O) groups is 1. The molecule has 32 heavy (non-hydrogen) atoms. The Kier molecular flexibility index (Phi) is 8.11. The minimum Gasteiger partial charge on any atom is -0.348 e. The van der Waals surface area contributed by atoms with Crippen LogP contribution in [0, 0.1) is 6.92 Å². The summed E-state index contributed by atoms with van der Waals surface area (Å²) >= 11 is 9.31. The van der Waals surface area contributed by atoms with Crippen molar-refractivity contribution in [1.82, 2.24) is 9.62 Å². The van der Waals surface area contributed by atoms with Crippen molar-refractivity contribution in [1.29, 1.82) is 0 Å². The fraction of sp³-hybridized carbons (Fsp3) is 0.208. The first kappa shape index (κ1) is 24.5. The maximum absolute atomic E-state index is 13.3. The molecule has 0 aliphatic heterocycles. The molecule has 5 nitrogen and oxygen atoms in total. The second-order valence-corrected chi connectivity index (χ2v) is 10.8. The molecule has 0 bridgehead atoms. The molecule has 168 valence electrons. The van der Waals surface area contributed by atoms with Crippen molar-refractivity contribution >= 4 is 43.5 Å². The highest BCUT2D eigenvalue weighted by atomic mass is 79.9. The Morgan fingerprint density at radius 2 is 1.59 bits per heavy atom. The van der Waals surface area contributed by atoms with E-state index in [0.29, 0.717) is 5.02 Å². The van der Waals surface area contributed by atoms with Crippen LogP contribution in [-0.4, -0.2) is 25.2 Å². The minimum atomic E-state index is -3.92. The smallest absolute Gasteiger partial charge is 0.243 e. The molecule has 0 radical (unpaired) electrons. The Hall–Kier alpha value is -2.19. The van der Waals surface area contributed by atoms with Gasteiger partial charge in [-0.2, -0.15) is 4.31 Å². The number of nitrogens with zero attached hydrogens (tertiary/aromatic N) is 1. The molecule has 8 heteroatoms. The second-order valence-electron chi connectivity index (χ2n) is 7.55. The molecule has 1 amide bonds. The lowest BCUT2D eigenvalue weighted by Gasteiger charge is -2.23. The normalized spacial score (nSPS) is 12.5. The van der Waals surface area contributed by atoms with Gasteiger partial charge in [0.2, 0.25) is 15.9 Å². The third-order valence-electron chi connectivity index (χ3n) is 5.00. The van der Waals surface area contributed by atoms with Crippen molar-refractivity contribution in [3.63, 3.8) is 0 Å². The molecule has 3 aromatic rings. The highest BCUT2D eigenvalue weighted by Crippen LogP contribution is 2.21. The van der Waals surface area contributed by atoms with E-state index >= 15 is 0 Å². The van der Waals surface area contributed by atoms with E-state index in [1.165, 1.54) is 28.6 Å². The zero-order valence-electron chi connectivity index (χ0n) is 17.8. The summed E-state index contributed by atoms with van der Waals surface area (Å²) in [5.74, 6) is -0.384. The van der Waals surface area contributed by atoms with Gasteiger partial charge in [-0.25, -0.2) is 8.42 Å². The first-order valence-electron chi connectivity index (χ1n) is 10.0. The van der Waals surface area contributed by atoms with Gasteiger partial charge in [-0.05, 0) is 61.4 Å². The number of nitrogens with one attached hydrogen (secondary N) is 1. The van der Waals surface area contributed by atoms with E-state index in [1.54, 1.807) is 0 Å². The maximum atomic E-state index is 13.3. The van der Waals surface area contributed by atoms with Gasteiger partial charge in [0.1, 0.15) is 0 Å². The average Bonchev–Trinajstić information content (AvgIpc) is 2.75. The van der Waals surface area contributed by atoms with Crippen molar-refractivity contribution < 1.29 is 13.2 Å². The number of benzene rings is 3. The molecule has 0 fully saturated rings. The van der Waals surface area contributed by atoms with Crippen molar-refractivity contribution in [2.24, 2.45) is 0 Å². The Morgan fingerprint density at radius 3 is 2.19 bits per heavy atom. The summed E-state index contributed by atoms with van der Waals surface area (Å²) in [6, 6.07) is 20.8. The van der Waals surface area contributed by atoms with Crippen molar-refractivity contribution in [3.8, 4) is 0 Å². The van der Waals surface area contributed by atoms with Gasteiger partial charge < -0.3 is 5.32 Å². The molecule has 3 aromatic carbocycles. The molecule has 0 unspecified atom stereocenters. The first-order valence-corrected chi connectivity index (χ1v) is 12.6. The lowest BCUT2D eigenvalue weighted by Crippen LogP contribution is -2.41. The molecular weight excluding hydrogens is 512 g/mol. The predicted molar refractivity (Wildman–Crippen MR) is 131 cm³/mol. The lowest BCUT2D eigenvalue weighted by molar-refractivity contribution is -0.122. The molecule has 0 saturated carbocycles. The van der Waals surface area contributed by atoms with E-state index in [0.717, 1.165) is 21.2 Å². The van der Waals surface area contributed by atoms with Crippen LogP contribution in [-0.2, 0) is 21.4 Å². The van der Waals surface area contributed by atoms with Gasteiger partial charge in [-0.3, -0.25) is 4.79 Å². The summed E-state index contributed by atoms with van der Waals surface area (Å²) in [6.45, 7) is 3.59. The van der Waals surface area contributed by atoms with E-state index in [4.69, 9.17) is 11.6 Å². The van der Waals surface area contributed by atoms with E-state index in [9.17, 15) is 13.2 Å². The van der Waals surface area contributed by atoms with Gasteiger partial charge in [0.05, 0.1) is 17.5 Å². The zero-order chi connectivity index (χ0) is 23.3. The standard InChI is InChI=1S/C24H24BrClN2O3S/c1-17-3-5-19(6-4-17)15-28(32(30,31)23-13-11-22(26)12-14-23)16-24(29)27-18(2)20-7-9-21(25)10-8-20/h3-14,18H,15-16H2,1-2H3,(H,27,29)/t18-/m0/s1. The van der Waals surface area contributed by atoms with Gasteiger partial charge in [0.15, 0.2) is 0 Å². The van der Waals surface area contributed by atoms with Crippen LogP contribution in [0.4, 0.5) is 0 Å². The molecule has 3 rings (SSSR count). The van der Waals surface area contributed by atoms with Crippen molar-refractivity contribution in [2.75, 3.05) is 6.54 Å². The van der Waals surface area contributed by atoms with E-state index in [2.05, 4.69) is 21.2 Å². The number of carbonyl (C=O) groups excluding carboxylic acids is 1. The Balaban J connectivity index is 1.82. The summed E-state index contributed by atoms with van der Waals surface area (Å²) in [4.78, 5) is 12.9. The number of aryl methyl sites for hydroxylation is 1. The summed E-state index contributed by atoms with van der Waals surface area (Å²) in [5, 5.41) is 3.33. The van der Waals surface area contributed by atoms with Crippen LogP contribution < -0.4 is 5.32 Å². The highest BCUT2D eigenvalue weighted by Gasteiger charge is 2.27. The fourth-order valence-corrected chi connectivity index (χ4v) is 4.94. The Labute approximate surface area is 202 Å². The Morgan fingerprint density at radius 1 is 1.00 bits per heavy atom. The topological polar surface area (TPSA) is 66.5 Å². The molecule has 1 atom stereocenters. The first-order chi connectivity index (χ1) is 15.1. The van der Waals surface area contributed by atoms with Crippen LogP contribution in [0.2, 0.25) is 5.02 Å². The van der Waals surface area contributed by atoms with Gasteiger partial charge in [0.25, 0.3) is 0 Å². The molecule has 0 heterocycles. The SMILES string of the molecule is Cc1ccc(CN(CC(=O)N[C@@H](C)c2ccc(Br)cc2)S(=O)(=O)c2ccc(Cl)cc2)cc1. The number of hydrogen-bond acceptors (Lipinski definition) is 3. The van der Waals surface area contributed by atoms with Crippen LogP contribution in [0.5, 0.6) is 0 Å². The number of rotatable bonds is 8.